The molecule has 3 aliphatic carbocycles. The number of likely N-dealkylation sites (N-methyl/N-ethyl adjacent to an activating group) is 1. The minimum atomic E-state index is -0.826. The van der Waals surface area contributed by atoms with Crippen molar-refractivity contribution in [3.8, 4) is 0 Å². The smallest absolute Gasteiger partial charge is 0.410 e. The Hall–Kier alpha value is -3.10. The van der Waals surface area contributed by atoms with E-state index in [0.29, 0.717) is 13.0 Å². The number of fused-ring (bicyclic) bond motifs is 1. The summed E-state index contributed by atoms with van der Waals surface area (Å²) < 4.78 is 5.46. The lowest BCUT2D eigenvalue weighted by Crippen LogP contribution is -2.59. The van der Waals surface area contributed by atoms with E-state index in [9.17, 15) is 19.2 Å². The predicted molar refractivity (Wildman–Crippen MR) is 164 cm³/mol. The van der Waals surface area contributed by atoms with E-state index < -0.39 is 35.7 Å². The van der Waals surface area contributed by atoms with Crippen molar-refractivity contribution < 1.29 is 23.9 Å². The molecule has 2 N–H and O–H groups in total. The Morgan fingerprint density at radius 3 is 2.40 bits per heavy atom. The Labute approximate surface area is 256 Å². The molecule has 0 radical (unpaired) electrons. The molecule has 0 aromatic heterocycles. The molecule has 9 heteroatoms. The van der Waals surface area contributed by atoms with Crippen LogP contribution in [0.5, 0.6) is 0 Å². The number of likely N-dealkylation sites (tertiary alicyclic amines) is 1. The Morgan fingerprint density at radius 1 is 1.02 bits per heavy atom. The monoisotopic (exact) mass is 594 g/mol. The van der Waals surface area contributed by atoms with Gasteiger partial charge in [-0.2, -0.15) is 0 Å². The predicted octanol–water partition coefficient (Wildman–Crippen LogP) is 4.88. The van der Waals surface area contributed by atoms with Gasteiger partial charge in [-0.25, -0.2) is 4.79 Å². The average Bonchev–Trinajstić information content (AvgIpc) is 3.63. The topological polar surface area (TPSA) is 108 Å². The molecule has 1 aromatic carbocycles. The number of benzene rings is 1. The van der Waals surface area contributed by atoms with Crippen molar-refractivity contribution in [2.45, 2.75) is 128 Å². The van der Waals surface area contributed by atoms with Crippen molar-refractivity contribution in [3.05, 3.63) is 35.4 Å². The molecular formula is C34H50N4O5. The van der Waals surface area contributed by atoms with Crippen LogP contribution >= 0.6 is 0 Å². The van der Waals surface area contributed by atoms with Gasteiger partial charge in [0.2, 0.25) is 17.7 Å². The summed E-state index contributed by atoms with van der Waals surface area (Å²) in [5, 5.41) is 6.36. The molecule has 5 rings (SSSR count). The van der Waals surface area contributed by atoms with Crippen LogP contribution in [0.15, 0.2) is 24.3 Å². The number of amides is 4. The summed E-state index contributed by atoms with van der Waals surface area (Å²) in [5.74, 6) is -0.655. The van der Waals surface area contributed by atoms with E-state index in [1.807, 2.05) is 12.1 Å². The van der Waals surface area contributed by atoms with Crippen molar-refractivity contribution >= 4 is 23.8 Å². The summed E-state index contributed by atoms with van der Waals surface area (Å²) in [6.45, 7) is 7.54. The summed E-state index contributed by atoms with van der Waals surface area (Å²) in [5.41, 5.74) is 1.77. The number of carbonyl (C=O) groups excluding carboxylic acids is 4. The minimum absolute atomic E-state index is 0.00563. The summed E-state index contributed by atoms with van der Waals surface area (Å²) in [6, 6.07) is 6.14. The number of carbonyl (C=O) groups is 4. The van der Waals surface area contributed by atoms with Crippen LogP contribution in [0.2, 0.25) is 0 Å². The van der Waals surface area contributed by atoms with Crippen molar-refractivity contribution in [1.29, 1.82) is 0 Å². The Kier molecular flexibility index (Phi) is 9.10. The highest BCUT2D eigenvalue weighted by Crippen LogP contribution is 2.55. The third-order valence-corrected chi connectivity index (χ3v) is 10.1. The van der Waals surface area contributed by atoms with E-state index in [1.54, 1.807) is 32.6 Å². The maximum absolute atomic E-state index is 14.4. The zero-order valence-corrected chi connectivity index (χ0v) is 26.6. The molecule has 3 fully saturated rings. The Morgan fingerprint density at radius 2 is 1.72 bits per heavy atom. The Bertz CT molecular complexity index is 1220. The van der Waals surface area contributed by atoms with Gasteiger partial charge in [-0.1, -0.05) is 43.5 Å². The highest BCUT2D eigenvalue weighted by molar-refractivity contribution is 5.94. The lowest BCUT2D eigenvalue weighted by atomic mass is 9.83. The van der Waals surface area contributed by atoms with Gasteiger partial charge in [0.15, 0.2) is 0 Å². The molecular weight excluding hydrogens is 544 g/mol. The molecule has 0 bridgehead atoms. The molecule has 4 amide bonds. The summed E-state index contributed by atoms with van der Waals surface area (Å²) in [7, 11) is 1.54. The molecule has 1 saturated heterocycles. The molecule has 9 nitrogen and oxygen atoms in total. The Balaban J connectivity index is 1.33. The zero-order chi connectivity index (χ0) is 30.9. The van der Waals surface area contributed by atoms with Gasteiger partial charge >= 0.3 is 6.09 Å². The molecule has 236 valence electrons. The van der Waals surface area contributed by atoms with Crippen molar-refractivity contribution in [3.63, 3.8) is 0 Å². The van der Waals surface area contributed by atoms with Crippen LogP contribution in [0.4, 0.5) is 4.79 Å². The van der Waals surface area contributed by atoms with Crippen LogP contribution in [0, 0.1) is 11.3 Å². The van der Waals surface area contributed by atoms with Crippen molar-refractivity contribution in [1.82, 2.24) is 20.4 Å². The molecule has 1 heterocycles. The fraction of sp³-hybridized carbons (Fsp3) is 0.706. The van der Waals surface area contributed by atoms with Gasteiger partial charge in [0.1, 0.15) is 23.7 Å². The van der Waals surface area contributed by atoms with Crippen LogP contribution in [0.25, 0.3) is 0 Å². The van der Waals surface area contributed by atoms with Gasteiger partial charge in [-0.05, 0) is 102 Å². The van der Waals surface area contributed by atoms with E-state index in [0.717, 1.165) is 64.2 Å². The zero-order valence-electron chi connectivity index (χ0n) is 26.6. The van der Waals surface area contributed by atoms with E-state index in [4.69, 9.17) is 4.74 Å². The molecule has 0 unspecified atom stereocenters. The summed E-state index contributed by atoms with van der Waals surface area (Å²) >= 11 is 0. The first-order chi connectivity index (χ1) is 20.4. The largest absolute Gasteiger partial charge is 0.444 e. The van der Waals surface area contributed by atoms with E-state index >= 15 is 0 Å². The number of nitrogens with zero attached hydrogens (tertiary/aromatic N) is 2. The number of nitrogens with one attached hydrogen (secondary N) is 2. The first kappa shape index (κ1) is 31.3. The standard InChI is InChI=1S/C34H50N4O5/c1-22(37(5)32(42)43-33(2,3)4)29(39)36-28(24-13-7-6-8-14-24)31(41)38-21-34(18-19-34)20-27(38)30(40)35-26-17-11-15-23-12-9-10-16-25(23)26/h9-10,12,16,22,24,26-28H,6-8,11,13-15,17-21H2,1-5H3,(H,35,40)(H,36,39)/t22-,26+,27-,28-/m0/s1. The third-order valence-electron chi connectivity index (χ3n) is 10.1. The fourth-order valence-electron chi connectivity index (χ4n) is 7.20. The fourth-order valence-corrected chi connectivity index (χ4v) is 7.20. The quantitative estimate of drug-likeness (QED) is 0.468. The number of aryl methyl sites for hydroxylation is 1. The van der Waals surface area contributed by atoms with Crippen molar-refractivity contribution in [2.24, 2.45) is 11.3 Å². The second-order valence-electron chi connectivity index (χ2n) is 14.5. The van der Waals surface area contributed by atoms with Gasteiger partial charge in [-0.3, -0.25) is 19.3 Å². The second kappa shape index (κ2) is 12.5. The van der Waals surface area contributed by atoms with E-state index in [2.05, 4.69) is 22.8 Å². The van der Waals surface area contributed by atoms with Gasteiger partial charge in [-0.15, -0.1) is 0 Å². The second-order valence-corrected chi connectivity index (χ2v) is 14.5. The average molecular weight is 595 g/mol. The lowest BCUT2D eigenvalue weighted by molar-refractivity contribution is -0.143. The van der Waals surface area contributed by atoms with Crippen LogP contribution < -0.4 is 10.6 Å². The first-order valence-corrected chi connectivity index (χ1v) is 16.3. The number of hydrogen-bond acceptors (Lipinski definition) is 5. The van der Waals surface area contributed by atoms with Gasteiger partial charge < -0.3 is 20.3 Å². The first-order valence-electron chi connectivity index (χ1n) is 16.3. The molecule has 1 spiro atoms. The maximum atomic E-state index is 14.4. The molecule has 43 heavy (non-hydrogen) atoms. The normalized spacial score (nSPS) is 24.4. The van der Waals surface area contributed by atoms with Crippen LogP contribution in [0.1, 0.15) is 109 Å². The number of hydrogen-bond donors (Lipinski definition) is 2. The molecule has 1 aliphatic heterocycles. The lowest BCUT2D eigenvalue weighted by Gasteiger charge is -2.36. The molecule has 1 aromatic rings. The van der Waals surface area contributed by atoms with Crippen LogP contribution in [-0.4, -0.2) is 70.9 Å². The van der Waals surface area contributed by atoms with Crippen LogP contribution in [-0.2, 0) is 25.5 Å². The number of ether oxygens (including phenoxy) is 1. The molecule has 4 atom stereocenters. The van der Waals surface area contributed by atoms with Gasteiger partial charge in [0.25, 0.3) is 0 Å². The minimum Gasteiger partial charge on any atom is -0.444 e. The number of rotatable bonds is 7. The molecule has 4 aliphatic rings. The van der Waals surface area contributed by atoms with Gasteiger partial charge in [0, 0.05) is 13.6 Å². The SMILES string of the molecule is C[C@@H](C(=O)N[C@H](C(=O)N1CC2(CC2)C[C@H]1C(=O)N[C@@H]1CCCc2ccccc21)C1CCCCC1)N(C)C(=O)OC(C)(C)C. The highest BCUT2D eigenvalue weighted by atomic mass is 16.6. The van der Waals surface area contributed by atoms with Gasteiger partial charge in [0.05, 0.1) is 6.04 Å². The summed E-state index contributed by atoms with van der Waals surface area (Å²) in [6.07, 6.45) is 9.87. The third kappa shape index (κ3) is 7.18. The van der Waals surface area contributed by atoms with E-state index in [1.165, 1.54) is 23.1 Å². The van der Waals surface area contributed by atoms with Crippen molar-refractivity contribution in [2.75, 3.05) is 13.6 Å². The maximum Gasteiger partial charge on any atom is 0.410 e. The highest BCUT2D eigenvalue weighted by Gasteiger charge is 2.56. The molecule has 2 saturated carbocycles. The van der Waals surface area contributed by atoms with E-state index in [-0.39, 0.29) is 29.2 Å². The summed E-state index contributed by atoms with van der Waals surface area (Å²) in [4.78, 5) is 57.6. The van der Waals surface area contributed by atoms with Crippen LogP contribution in [0.3, 0.4) is 0 Å².